The third-order valence-electron chi connectivity index (χ3n) is 6.33. The summed E-state index contributed by atoms with van der Waals surface area (Å²) in [7, 11) is 0. The number of aliphatic hydroxyl groups is 1. The highest BCUT2D eigenvalue weighted by atomic mass is 79.9. The van der Waals surface area contributed by atoms with Crippen LogP contribution in [0.25, 0.3) is 5.76 Å². The lowest BCUT2D eigenvalue weighted by atomic mass is 9.94. The highest BCUT2D eigenvalue weighted by Crippen LogP contribution is 2.42. The molecular weight excluding hydrogens is 530 g/mol. The zero-order valence-electron chi connectivity index (χ0n) is 20.1. The van der Waals surface area contributed by atoms with Gasteiger partial charge in [-0.15, -0.1) is 0 Å². The number of Topliss-reactive ketones (excluding diaryl/α,β-unsaturated/α-hetero) is 1. The maximum atomic E-state index is 13.3. The van der Waals surface area contributed by atoms with Gasteiger partial charge in [-0.25, -0.2) is 0 Å². The molecular formula is C31H24BrNO4. The molecule has 0 radical (unpaired) electrons. The monoisotopic (exact) mass is 553 g/mol. The van der Waals surface area contributed by atoms with Gasteiger partial charge in [0.15, 0.2) is 0 Å². The highest BCUT2D eigenvalue weighted by molar-refractivity contribution is 9.10. The minimum atomic E-state index is -0.773. The van der Waals surface area contributed by atoms with Gasteiger partial charge < -0.3 is 9.84 Å². The second kappa shape index (κ2) is 10.4. The molecule has 5 nitrogen and oxygen atoms in total. The molecule has 0 spiro atoms. The van der Waals surface area contributed by atoms with Gasteiger partial charge >= 0.3 is 0 Å². The summed E-state index contributed by atoms with van der Waals surface area (Å²) in [5, 5.41) is 11.4. The van der Waals surface area contributed by atoms with Crippen LogP contribution in [0.5, 0.6) is 5.75 Å². The molecule has 1 unspecified atom stereocenters. The van der Waals surface area contributed by atoms with Crippen LogP contribution in [-0.4, -0.2) is 16.8 Å². The minimum absolute atomic E-state index is 0.0496. The molecule has 1 heterocycles. The Hall–Kier alpha value is -4.16. The summed E-state index contributed by atoms with van der Waals surface area (Å²) in [5.74, 6) is -0.960. The van der Waals surface area contributed by atoms with E-state index in [0.717, 1.165) is 21.2 Å². The first-order valence-corrected chi connectivity index (χ1v) is 12.6. The predicted molar refractivity (Wildman–Crippen MR) is 147 cm³/mol. The number of halogens is 1. The summed E-state index contributed by atoms with van der Waals surface area (Å²) >= 11 is 3.45. The number of ether oxygens (including phenoxy) is 1. The Labute approximate surface area is 223 Å². The van der Waals surface area contributed by atoms with E-state index in [1.165, 1.54) is 4.90 Å². The van der Waals surface area contributed by atoms with Crippen LogP contribution >= 0.6 is 15.9 Å². The lowest BCUT2D eigenvalue weighted by molar-refractivity contribution is -0.132. The summed E-state index contributed by atoms with van der Waals surface area (Å²) in [6, 6.07) is 30.8. The van der Waals surface area contributed by atoms with Crippen LogP contribution in [-0.2, 0) is 16.2 Å². The molecule has 37 heavy (non-hydrogen) atoms. The van der Waals surface area contributed by atoms with Gasteiger partial charge in [0, 0.05) is 15.7 Å². The van der Waals surface area contributed by atoms with Gasteiger partial charge in [-0.1, -0.05) is 82.7 Å². The van der Waals surface area contributed by atoms with Crippen molar-refractivity contribution in [2.75, 3.05) is 4.90 Å². The second-order valence-corrected chi connectivity index (χ2v) is 9.73. The maximum Gasteiger partial charge on any atom is 0.300 e. The van der Waals surface area contributed by atoms with E-state index >= 15 is 0 Å². The summed E-state index contributed by atoms with van der Waals surface area (Å²) < 4.78 is 6.74. The number of carbonyl (C=O) groups excluding carboxylic acids is 2. The van der Waals surface area contributed by atoms with Crippen LogP contribution in [0.15, 0.2) is 113 Å². The fourth-order valence-corrected chi connectivity index (χ4v) is 4.91. The van der Waals surface area contributed by atoms with Crippen LogP contribution in [0.4, 0.5) is 5.69 Å². The molecule has 4 aromatic carbocycles. The summed E-state index contributed by atoms with van der Waals surface area (Å²) in [5.41, 5.74) is 3.63. The highest BCUT2D eigenvalue weighted by Gasteiger charge is 2.47. The van der Waals surface area contributed by atoms with Crippen molar-refractivity contribution in [2.45, 2.75) is 19.6 Å². The van der Waals surface area contributed by atoms with E-state index in [1.54, 1.807) is 36.4 Å². The van der Waals surface area contributed by atoms with Crippen LogP contribution in [0, 0.1) is 6.92 Å². The molecule has 6 heteroatoms. The molecule has 1 fully saturated rings. The number of hydrogen-bond acceptors (Lipinski definition) is 4. The molecule has 1 N–H and O–H groups in total. The van der Waals surface area contributed by atoms with Crippen molar-refractivity contribution in [3.8, 4) is 5.75 Å². The number of hydrogen-bond donors (Lipinski definition) is 1. The van der Waals surface area contributed by atoms with Crippen molar-refractivity contribution in [1.82, 2.24) is 0 Å². The quantitative estimate of drug-likeness (QED) is 0.159. The predicted octanol–water partition coefficient (Wildman–Crippen LogP) is 6.96. The molecule has 5 rings (SSSR count). The summed E-state index contributed by atoms with van der Waals surface area (Å²) in [6.07, 6.45) is 0. The Morgan fingerprint density at radius 2 is 1.59 bits per heavy atom. The van der Waals surface area contributed by atoms with Gasteiger partial charge in [0.05, 0.1) is 11.6 Å². The van der Waals surface area contributed by atoms with Gasteiger partial charge in [-0.3, -0.25) is 14.5 Å². The van der Waals surface area contributed by atoms with Crippen molar-refractivity contribution in [1.29, 1.82) is 0 Å². The van der Waals surface area contributed by atoms with Crippen molar-refractivity contribution >= 4 is 39.1 Å². The van der Waals surface area contributed by atoms with Crippen LogP contribution in [0.3, 0.4) is 0 Å². The number of benzene rings is 4. The van der Waals surface area contributed by atoms with E-state index in [2.05, 4.69) is 15.9 Å². The molecule has 0 bridgehead atoms. The van der Waals surface area contributed by atoms with E-state index in [4.69, 9.17) is 4.74 Å². The van der Waals surface area contributed by atoms with Crippen LogP contribution < -0.4 is 9.64 Å². The standard InChI is InChI=1S/C31H24BrNO4/c1-20-17-23(15-16-26(20)37-19-21-9-4-2-5-10-21)29(34)27-28(22-11-6-3-7-12-22)33(31(36)30(27)35)25-14-8-13-24(32)18-25/h2-18,28,34H,19H2,1H3/b29-27+. The summed E-state index contributed by atoms with van der Waals surface area (Å²) in [4.78, 5) is 28.1. The molecule has 184 valence electrons. The maximum absolute atomic E-state index is 13.3. The molecule has 1 saturated heterocycles. The van der Waals surface area contributed by atoms with Gasteiger partial charge in [0.2, 0.25) is 0 Å². The Balaban J connectivity index is 1.55. The topological polar surface area (TPSA) is 66.8 Å². The smallest absolute Gasteiger partial charge is 0.300 e. The SMILES string of the molecule is Cc1cc(/C(O)=C2\C(=O)C(=O)N(c3cccc(Br)c3)C2c2ccccc2)ccc1OCc1ccccc1. The lowest BCUT2D eigenvalue weighted by Gasteiger charge is -2.25. The van der Waals surface area contributed by atoms with Gasteiger partial charge in [-0.05, 0) is 60.0 Å². The van der Waals surface area contributed by atoms with E-state index in [9.17, 15) is 14.7 Å². The van der Waals surface area contributed by atoms with Crippen LogP contribution in [0.2, 0.25) is 0 Å². The molecule has 1 amide bonds. The number of anilines is 1. The molecule has 0 saturated carbocycles. The Morgan fingerprint density at radius 1 is 0.892 bits per heavy atom. The van der Waals surface area contributed by atoms with E-state index in [1.807, 2.05) is 73.7 Å². The Kier molecular flexibility index (Phi) is 6.93. The second-order valence-electron chi connectivity index (χ2n) is 8.81. The number of aryl methyl sites for hydroxylation is 1. The van der Waals surface area contributed by atoms with Crippen LogP contribution in [0.1, 0.15) is 28.3 Å². The molecule has 0 aliphatic carbocycles. The fraction of sp³-hybridized carbons (Fsp3) is 0.0968. The molecule has 1 aliphatic heterocycles. The number of ketones is 1. The average Bonchev–Trinajstić information content (AvgIpc) is 3.18. The molecule has 1 atom stereocenters. The van der Waals surface area contributed by atoms with Crippen molar-refractivity contribution < 1.29 is 19.4 Å². The third kappa shape index (κ3) is 4.93. The fourth-order valence-electron chi connectivity index (χ4n) is 4.53. The number of aliphatic hydroxyl groups excluding tert-OH is 1. The van der Waals surface area contributed by atoms with Gasteiger partial charge in [-0.2, -0.15) is 0 Å². The van der Waals surface area contributed by atoms with E-state index in [-0.39, 0.29) is 11.3 Å². The normalized spacial score (nSPS) is 16.7. The van der Waals surface area contributed by atoms with E-state index < -0.39 is 17.7 Å². The minimum Gasteiger partial charge on any atom is -0.507 e. The number of carbonyl (C=O) groups is 2. The van der Waals surface area contributed by atoms with Gasteiger partial charge in [0.25, 0.3) is 11.7 Å². The first kappa shape index (κ1) is 24.5. The Morgan fingerprint density at radius 3 is 2.27 bits per heavy atom. The first-order valence-electron chi connectivity index (χ1n) is 11.8. The number of nitrogens with zero attached hydrogens (tertiary/aromatic N) is 1. The molecule has 0 aromatic heterocycles. The first-order chi connectivity index (χ1) is 17.9. The van der Waals surface area contributed by atoms with Crippen molar-refractivity contribution in [2.24, 2.45) is 0 Å². The molecule has 4 aromatic rings. The van der Waals surface area contributed by atoms with Crippen molar-refractivity contribution in [3.63, 3.8) is 0 Å². The number of amides is 1. The zero-order chi connectivity index (χ0) is 25.9. The zero-order valence-corrected chi connectivity index (χ0v) is 21.7. The summed E-state index contributed by atoms with van der Waals surface area (Å²) in [6.45, 7) is 2.30. The van der Waals surface area contributed by atoms with E-state index in [0.29, 0.717) is 23.6 Å². The molecule has 1 aliphatic rings. The largest absolute Gasteiger partial charge is 0.507 e. The Bertz CT molecular complexity index is 1500. The average molecular weight is 554 g/mol. The number of rotatable bonds is 6. The van der Waals surface area contributed by atoms with Gasteiger partial charge in [0.1, 0.15) is 18.1 Å². The lowest BCUT2D eigenvalue weighted by Crippen LogP contribution is -2.29. The van der Waals surface area contributed by atoms with Crippen molar-refractivity contribution in [3.05, 3.63) is 135 Å². The third-order valence-corrected chi connectivity index (χ3v) is 6.82.